The number of sulfonamides is 1. The minimum Gasteiger partial charge on any atom is -0.451 e. The van der Waals surface area contributed by atoms with Gasteiger partial charge in [-0.3, -0.25) is 9.52 Å². The molecule has 2 rings (SSSR count). The molecule has 0 fully saturated rings. The highest BCUT2D eigenvalue weighted by molar-refractivity contribution is 7.92. The Morgan fingerprint density at radius 3 is 2.28 bits per heavy atom. The number of anilines is 1. The van der Waals surface area contributed by atoms with Gasteiger partial charge in [0.05, 0.1) is 17.5 Å². The van der Waals surface area contributed by atoms with Crippen LogP contribution in [0, 0.1) is 0 Å². The summed E-state index contributed by atoms with van der Waals surface area (Å²) >= 11 is 5.78. The second-order valence-corrected chi connectivity index (χ2v) is 7.52. The number of hydrogen-bond donors (Lipinski definition) is 1. The van der Waals surface area contributed by atoms with Crippen LogP contribution in [-0.4, -0.2) is 32.5 Å². The van der Waals surface area contributed by atoms with E-state index in [4.69, 9.17) is 16.3 Å². The van der Waals surface area contributed by atoms with Gasteiger partial charge in [-0.25, -0.2) is 13.2 Å². The van der Waals surface area contributed by atoms with Crippen molar-refractivity contribution in [3.63, 3.8) is 0 Å². The Hall–Kier alpha value is -2.38. The van der Waals surface area contributed by atoms with Gasteiger partial charge in [0.25, 0.3) is 0 Å². The smallest absolute Gasteiger partial charge is 0.340 e. The van der Waals surface area contributed by atoms with Gasteiger partial charge >= 0.3 is 5.97 Å². The molecule has 1 atom stereocenters. The predicted octanol–water partition coefficient (Wildman–Crippen LogP) is 3.14. The molecule has 0 amide bonds. The number of rotatable bonds is 6. The molecule has 0 aliphatic heterocycles. The first-order valence-electron chi connectivity index (χ1n) is 7.25. The molecule has 1 N–H and O–H groups in total. The van der Waals surface area contributed by atoms with Crippen LogP contribution in [0.4, 0.5) is 5.69 Å². The molecule has 0 heterocycles. The average molecular weight is 382 g/mol. The fourth-order valence-corrected chi connectivity index (χ4v) is 2.78. The van der Waals surface area contributed by atoms with Gasteiger partial charge < -0.3 is 4.74 Å². The summed E-state index contributed by atoms with van der Waals surface area (Å²) in [5.41, 5.74) is 0.456. The molecule has 0 unspecified atom stereocenters. The van der Waals surface area contributed by atoms with Crippen molar-refractivity contribution in [1.82, 2.24) is 0 Å². The van der Waals surface area contributed by atoms with E-state index in [1.54, 1.807) is 24.3 Å². The zero-order valence-electron chi connectivity index (χ0n) is 13.5. The Morgan fingerprint density at radius 2 is 1.68 bits per heavy atom. The van der Waals surface area contributed by atoms with Crippen molar-refractivity contribution < 1.29 is 22.7 Å². The predicted molar refractivity (Wildman–Crippen MR) is 95.6 cm³/mol. The number of ether oxygens (including phenoxy) is 1. The van der Waals surface area contributed by atoms with E-state index in [2.05, 4.69) is 4.72 Å². The van der Waals surface area contributed by atoms with Crippen molar-refractivity contribution in [1.29, 1.82) is 0 Å². The Kier molecular flexibility index (Phi) is 5.81. The van der Waals surface area contributed by atoms with E-state index in [-0.39, 0.29) is 11.3 Å². The molecule has 132 valence electrons. The van der Waals surface area contributed by atoms with Crippen LogP contribution in [0.15, 0.2) is 48.5 Å². The van der Waals surface area contributed by atoms with Gasteiger partial charge in [-0.15, -0.1) is 0 Å². The number of esters is 1. The first kappa shape index (κ1) is 19.0. The number of carbonyl (C=O) groups excluding carboxylic acids is 2. The first-order chi connectivity index (χ1) is 11.7. The number of Topliss-reactive ketones (excluding diaryl/α,β-unsaturated/α-hetero) is 1. The van der Waals surface area contributed by atoms with Crippen LogP contribution in [0.25, 0.3) is 0 Å². The highest BCUT2D eigenvalue weighted by atomic mass is 35.5. The average Bonchev–Trinajstić information content (AvgIpc) is 2.53. The molecule has 0 bridgehead atoms. The monoisotopic (exact) mass is 381 g/mol. The van der Waals surface area contributed by atoms with E-state index in [1.807, 2.05) is 0 Å². The van der Waals surface area contributed by atoms with Crippen LogP contribution < -0.4 is 4.72 Å². The Morgan fingerprint density at radius 1 is 1.08 bits per heavy atom. The highest BCUT2D eigenvalue weighted by Gasteiger charge is 2.22. The zero-order chi connectivity index (χ0) is 18.6. The van der Waals surface area contributed by atoms with Crippen LogP contribution in [0.2, 0.25) is 5.02 Å². The van der Waals surface area contributed by atoms with Gasteiger partial charge in [0.1, 0.15) is 0 Å². The number of para-hydroxylation sites is 1. The third kappa shape index (κ3) is 5.30. The topological polar surface area (TPSA) is 89.5 Å². The lowest BCUT2D eigenvalue weighted by Gasteiger charge is -2.14. The molecular formula is C17H16ClNO5S. The van der Waals surface area contributed by atoms with Crippen molar-refractivity contribution in [2.75, 3.05) is 11.0 Å². The van der Waals surface area contributed by atoms with Gasteiger partial charge in [0.15, 0.2) is 6.10 Å². The Bertz CT molecular complexity index is 894. The van der Waals surface area contributed by atoms with Crippen LogP contribution in [0.5, 0.6) is 0 Å². The van der Waals surface area contributed by atoms with Gasteiger partial charge in [-0.05, 0) is 43.3 Å². The summed E-state index contributed by atoms with van der Waals surface area (Å²) in [5.74, 6) is -1.19. The second kappa shape index (κ2) is 7.67. The van der Waals surface area contributed by atoms with Crippen molar-refractivity contribution >= 4 is 39.1 Å². The quantitative estimate of drug-likeness (QED) is 0.613. The number of benzene rings is 2. The molecule has 0 spiro atoms. The van der Waals surface area contributed by atoms with Crippen LogP contribution in [0.3, 0.4) is 0 Å². The van der Waals surface area contributed by atoms with E-state index in [0.29, 0.717) is 10.6 Å². The summed E-state index contributed by atoms with van der Waals surface area (Å²) in [7, 11) is -3.56. The molecule has 2 aromatic rings. The third-order valence-electron chi connectivity index (χ3n) is 3.22. The number of hydrogen-bond acceptors (Lipinski definition) is 5. The first-order valence-corrected chi connectivity index (χ1v) is 9.52. The van der Waals surface area contributed by atoms with Crippen molar-refractivity contribution in [2.24, 2.45) is 0 Å². The van der Waals surface area contributed by atoms with E-state index in [9.17, 15) is 18.0 Å². The Labute approximate surface area is 150 Å². The van der Waals surface area contributed by atoms with Crippen LogP contribution in [-0.2, 0) is 14.8 Å². The summed E-state index contributed by atoms with van der Waals surface area (Å²) in [6.45, 7) is 1.45. The maximum Gasteiger partial charge on any atom is 0.340 e. The third-order valence-corrected chi connectivity index (χ3v) is 4.07. The molecule has 0 saturated heterocycles. The molecular weight excluding hydrogens is 366 g/mol. The van der Waals surface area contributed by atoms with Crippen molar-refractivity contribution in [3.05, 3.63) is 64.7 Å². The summed E-state index contributed by atoms with van der Waals surface area (Å²) in [5, 5.41) is 0.488. The molecule has 0 aliphatic carbocycles. The van der Waals surface area contributed by atoms with Gasteiger partial charge in [0, 0.05) is 10.6 Å². The van der Waals surface area contributed by atoms with Gasteiger partial charge in [-0.1, -0.05) is 23.7 Å². The fourth-order valence-electron chi connectivity index (χ4n) is 2.08. The van der Waals surface area contributed by atoms with E-state index >= 15 is 0 Å². The summed E-state index contributed by atoms with van der Waals surface area (Å²) in [6, 6.07) is 12.2. The van der Waals surface area contributed by atoms with Crippen molar-refractivity contribution in [2.45, 2.75) is 13.0 Å². The van der Waals surface area contributed by atoms with Gasteiger partial charge in [-0.2, -0.15) is 0 Å². The number of carbonyl (C=O) groups is 2. The largest absolute Gasteiger partial charge is 0.451 e. The Balaban J connectivity index is 2.16. The SMILES string of the molecule is C[C@H](OC(=O)c1ccccc1NS(C)(=O)=O)C(=O)c1ccc(Cl)cc1. The minimum absolute atomic E-state index is 0.0173. The van der Waals surface area contributed by atoms with Gasteiger partial charge in [0.2, 0.25) is 15.8 Å². The molecule has 2 aromatic carbocycles. The molecule has 0 radical (unpaired) electrons. The van der Waals surface area contributed by atoms with Crippen LogP contribution >= 0.6 is 11.6 Å². The molecule has 6 nitrogen and oxygen atoms in total. The van der Waals surface area contributed by atoms with Crippen LogP contribution in [0.1, 0.15) is 27.6 Å². The second-order valence-electron chi connectivity index (χ2n) is 5.34. The van der Waals surface area contributed by atoms with E-state index in [1.165, 1.54) is 31.2 Å². The normalized spacial score (nSPS) is 12.3. The standard InChI is InChI=1S/C17H16ClNO5S/c1-11(16(20)12-7-9-13(18)10-8-12)24-17(21)14-5-3-4-6-15(14)19-25(2,22)23/h3-11,19H,1-2H3/t11-/m0/s1. The van der Waals surface area contributed by atoms with E-state index in [0.717, 1.165) is 6.26 Å². The maximum atomic E-state index is 12.3. The summed E-state index contributed by atoms with van der Waals surface area (Å²) in [4.78, 5) is 24.6. The molecule has 8 heteroatoms. The lowest BCUT2D eigenvalue weighted by atomic mass is 10.1. The number of halogens is 1. The minimum atomic E-state index is -3.56. The number of nitrogens with one attached hydrogen (secondary N) is 1. The summed E-state index contributed by atoms with van der Waals surface area (Å²) < 4.78 is 30.2. The highest BCUT2D eigenvalue weighted by Crippen LogP contribution is 2.19. The van der Waals surface area contributed by atoms with Crippen molar-refractivity contribution in [3.8, 4) is 0 Å². The summed E-state index contributed by atoms with van der Waals surface area (Å²) in [6.07, 6.45) is -0.0677. The number of ketones is 1. The molecule has 0 aliphatic rings. The lowest BCUT2D eigenvalue weighted by molar-refractivity contribution is 0.0320. The fraction of sp³-hybridized carbons (Fsp3) is 0.176. The molecule has 0 aromatic heterocycles. The van der Waals surface area contributed by atoms with E-state index < -0.39 is 27.9 Å². The molecule has 0 saturated carbocycles. The maximum absolute atomic E-state index is 12.3. The zero-order valence-corrected chi connectivity index (χ0v) is 15.1. The lowest BCUT2D eigenvalue weighted by Crippen LogP contribution is -2.25. The molecule has 25 heavy (non-hydrogen) atoms.